The molecule has 0 bridgehead atoms. The summed E-state index contributed by atoms with van der Waals surface area (Å²) in [6, 6.07) is 16.0. The molecule has 0 atom stereocenters. The van der Waals surface area contributed by atoms with Crippen LogP contribution in [0.1, 0.15) is 17.0 Å². The zero-order valence-corrected chi connectivity index (χ0v) is 19.1. The number of nitrogens with one attached hydrogen (secondary N) is 4. The highest BCUT2D eigenvalue weighted by molar-refractivity contribution is 7.80. The van der Waals surface area contributed by atoms with E-state index in [1.807, 2.05) is 44.3 Å². The normalized spacial score (nSPS) is 11.4. The summed E-state index contributed by atoms with van der Waals surface area (Å²) in [6.45, 7) is 4.32. The summed E-state index contributed by atoms with van der Waals surface area (Å²) >= 11 is 5.42. The molecule has 33 heavy (non-hydrogen) atoms. The molecule has 4 rings (SSSR count). The third-order valence-corrected chi connectivity index (χ3v) is 5.08. The van der Waals surface area contributed by atoms with Crippen LogP contribution in [-0.2, 0) is 6.42 Å². The van der Waals surface area contributed by atoms with E-state index in [4.69, 9.17) is 12.2 Å². The summed E-state index contributed by atoms with van der Waals surface area (Å²) in [6.07, 6.45) is 2.75. The monoisotopic (exact) mass is 461 g/mol. The van der Waals surface area contributed by atoms with Crippen molar-refractivity contribution >= 4 is 45.8 Å². The highest BCUT2D eigenvalue weighted by Crippen LogP contribution is 2.18. The third-order valence-electron chi connectivity index (χ3n) is 4.87. The second-order valence-electron chi connectivity index (χ2n) is 7.53. The highest BCUT2D eigenvalue weighted by Gasteiger charge is 2.08. The lowest BCUT2D eigenvalue weighted by atomic mass is 10.1. The largest absolute Gasteiger partial charge is 0.361 e. The molecule has 0 spiro atoms. The molecule has 0 aliphatic carbocycles. The molecule has 168 valence electrons. The quantitative estimate of drug-likeness (QED) is 0.196. The first-order chi connectivity index (χ1) is 16.0. The van der Waals surface area contributed by atoms with Gasteiger partial charge in [0.15, 0.2) is 5.11 Å². The molecular formula is C24H24FN7S. The molecule has 0 saturated heterocycles. The zero-order valence-electron chi connectivity index (χ0n) is 18.3. The number of benzene rings is 2. The summed E-state index contributed by atoms with van der Waals surface area (Å²) in [5.41, 5.74) is 4.63. The minimum atomic E-state index is -0.312. The number of fused-ring (bicyclic) bond motifs is 1. The van der Waals surface area contributed by atoms with E-state index < -0.39 is 0 Å². The topological polar surface area (TPSA) is 90.0 Å². The number of para-hydroxylation sites is 1. The van der Waals surface area contributed by atoms with E-state index in [9.17, 15) is 4.39 Å². The molecule has 0 unspecified atom stereocenters. The van der Waals surface area contributed by atoms with E-state index in [2.05, 4.69) is 42.0 Å². The fourth-order valence-corrected chi connectivity index (χ4v) is 3.64. The summed E-state index contributed by atoms with van der Waals surface area (Å²) in [5, 5.41) is 10.7. The number of thiocarbonyl (C=S) groups is 1. The Kier molecular flexibility index (Phi) is 6.89. The first-order valence-electron chi connectivity index (χ1n) is 10.5. The maximum atomic E-state index is 13.2. The fourth-order valence-electron chi connectivity index (χ4n) is 3.43. The number of rotatable bonds is 5. The SMILES string of the molecule is Cc1cc(C)nc(NC(=NCCc2c[nH]c3ccccc23)NC(=S)Nc2ccc(F)cc2)n1. The molecule has 2 heterocycles. The molecule has 0 fully saturated rings. The Bertz CT molecular complexity index is 1280. The van der Waals surface area contributed by atoms with Gasteiger partial charge in [-0.15, -0.1) is 0 Å². The average Bonchev–Trinajstić information content (AvgIpc) is 3.18. The van der Waals surface area contributed by atoms with Gasteiger partial charge in [-0.05, 0) is 74.4 Å². The Morgan fingerprint density at radius 2 is 1.76 bits per heavy atom. The predicted octanol–water partition coefficient (Wildman–Crippen LogP) is 4.71. The Morgan fingerprint density at radius 1 is 1.03 bits per heavy atom. The number of aromatic amines is 1. The Labute approximate surface area is 196 Å². The number of nitrogens with zero attached hydrogens (tertiary/aromatic N) is 3. The van der Waals surface area contributed by atoms with E-state index in [-0.39, 0.29) is 5.82 Å². The molecule has 7 nitrogen and oxygen atoms in total. The molecular weight excluding hydrogens is 437 g/mol. The highest BCUT2D eigenvalue weighted by atomic mass is 32.1. The number of anilines is 2. The van der Waals surface area contributed by atoms with Gasteiger partial charge in [0.1, 0.15) is 5.82 Å². The van der Waals surface area contributed by atoms with Gasteiger partial charge in [-0.3, -0.25) is 10.3 Å². The standard InChI is InChI=1S/C24H24FN7S/c1-15-13-16(2)29-23(28-15)31-22(32-24(33)30-19-9-7-18(25)8-10-19)26-12-11-17-14-27-21-6-4-3-5-20(17)21/h3-10,13-14,27H,11-12H2,1-2H3,(H3,26,28,29,30,31,32,33). The van der Waals surface area contributed by atoms with Gasteiger partial charge in [-0.2, -0.15) is 0 Å². The van der Waals surface area contributed by atoms with Crippen LogP contribution in [0, 0.1) is 19.7 Å². The van der Waals surface area contributed by atoms with Crippen LogP contribution in [0.5, 0.6) is 0 Å². The van der Waals surface area contributed by atoms with Crippen molar-refractivity contribution in [2.24, 2.45) is 4.99 Å². The molecule has 2 aromatic heterocycles. The predicted molar refractivity (Wildman–Crippen MR) is 135 cm³/mol. The van der Waals surface area contributed by atoms with Gasteiger partial charge in [0.25, 0.3) is 0 Å². The van der Waals surface area contributed by atoms with Crippen molar-refractivity contribution in [1.29, 1.82) is 0 Å². The molecule has 2 aromatic carbocycles. The minimum absolute atomic E-state index is 0.310. The number of aromatic nitrogens is 3. The zero-order chi connectivity index (χ0) is 23.2. The van der Waals surface area contributed by atoms with Crippen molar-refractivity contribution in [1.82, 2.24) is 20.3 Å². The van der Waals surface area contributed by atoms with Gasteiger partial charge in [0, 0.05) is 40.7 Å². The number of halogens is 1. The van der Waals surface area contributed by atoms with Crippen LogP contribution in [0.2, 0.25) is 0 Å². The number of hydrogen-bond acceptors (Lipinski definition) is 4. The van der Waals surface area contributed by atoms with Crippen molar-refractivity contribution in [2.75, 3.05) is 17.2 Å². The first-order valence-corrected chi connectivity index (χ1v) is 10.9. The van der Waals surface area contributed by atoms with E-state index in [1.165, 1.54) is 23.1 Å². The van der Waals surface area contributed by atoms with Crippen molar-refractivity contribution in [3.63, 3.8) is 0 Å². The second-order valence-corrected chi connectivity index (χ2v) is 7.93. The Balaban J connectivity index is 1.49. The average molecular weight is 462 g/mol. The number of aliphatic imine (C=N–C) groups is 1. The van der Waals surface area contributed by atoms with Crippen molar-refractivity contribution in [2.45, 2.75) is 20.3 Å². The van der Waals surface area contributed by atoms with Crippen LogP contribution >= 0.6 is 12.2 Å². The maximum Gasteiger partial charge on any atom is 0.229 e. The van der Waals surface area contributed by atoms with Gasteiger partial charge in [-0.25, -0.2) is 14.4 Å². The summed E-state index contributed by atoms with van der Waals surface area (Å²) < 4.78 is 13.2. The molecule has 0 aliphatic heterocycles. The smallest absolute Gasteiger partial charge is 0.229 e. The Hall–Kier alpha value is -3.85. The van der Waals surface area contributed by atoms with Gasteiger partial charge in [0.05, 0.1) is 0 Å². The van der Waals surface area contributed by atoms with Crippen LogP contribution in [0.3, 0.4) is 0 Å². The van der Waals surface area contributed by atoms with Gasteiger partial charge in [-0.1, -0.05) is 18.2 Å². The summed E-state index contributed by atoms with van der Waals surface area (Å²) in [7, 11) is 0. The molecule has 0 saturated carbocycles. The Morgan fingerprint density at radius 3 is 2.52 bits per heavy atom. The van der Waals surface area contributed by atoms with Crippen molar-refractivity contribution < 1.29 is 4.39 Å². The number of aryl methyl sites for hydroxylation is 2. The first kappa shape index (κ1) is 22.3. The number of hydrogen-bond donors (Lipinski definition) is 4. The van der Waals surface area contributed by atoms with Gasteiger partial charge in [0.2, 0.25) is 11.9 Å². The van der Waals surface area contributed by atoms with Crippen LogP contribution < -0.4 is 16.0 Å². The molecule has 4 N–H and O–H groups in total. The maximum absolute atomic E-state index is 13.2. The van der Waals surface area contributed by atoms with Crippen LogP contribution in [0.25, 0.3) is 10.9 Å². The van der Waals surface area contributed by atoms with E-state index in [1.54, 1.807) is 12.1 Å². The molecule has 9 heteroatoms. The summed E-state index contributed by atoms with van der Waals surface area (Å²) in [5.74, 6) is 0.530. The van der Waals surface area contributed by atoms with Crippen LogP contribution in [-0.4, -0.2) is 32.6 Å². The van der Waals surface area contributed by atoms with Crippen molar-refractivity contribution in [3.05, 3.63) is 83.6 Å². The summed E-state index contributed by atoms with van der Waals surface area (Å²) in [4.78, 5) is 16.8. The fraction of sp³-hybridized carbons (Fsp3) is 0.167. The lowest BCUT2D eigenvalue weighted by molar-refractivity contribution is 0.628. The minimum Gasteiger partial charge on any atom is -0.361 e. The van der Waals surface area contributed by atoms with Crippen LogP contribution in [0.4, 0.5) is 16.0 Å². The van der Waals surface area contributed by atoms with E-state index >= 15 is 0 Å². The third kappa shape index (κ3) is 6.11. The lowest BCUT2D eigenvalue weighted by Gasteiger charge is -2.14. The van der Waals surface area contributed by atoms with Gasteiger partial charge >= 0.3 is 0 Å². The van der Waals surface area contributed by atoms with Gasteiger partial charge < -0.3 is 15.6 Å². The van der Waals surface area contributed by atoms with E-state index in [0.717, 1.165) is 23.3 Å². The number of guanidine groups is 1. The van der Waals surface area contributed by atoms with Crippen molar-refractivity contribution in [3.8, 4) is 0 Å². The van der Waals surface area contributed by atoms with E-state index in [0.29, 0.717) is 29.3 Å². The number of H-pyrrole nitrogens is 1. The second kappa shape index (κ2) is 10.2. The molecule has 0 aliphatic rings. The molecule has 0 amide bonds. The molecule has 0 radical (unpaired) electrons. The van der Waals surface area contributed by atoms with Crippen LogP contribution in [0.15, 0.2) is 65.8 Å². The lowest BCUT2D eigenvalue weighted by Crippen LogP contribution is -2.39. The molecule has 4 aromatic rings.